The van der Waals surface area contributed by atoms with Crippen molar-refractivity contribution in [3.05, 3.63) is 34.4 Å². The van der Waals surface area contributed by atoms with Crippen LogP contribution in [0.3, 0.4) is 0 Å². The van der Waals surface area contributed by atoms with Crippen LogP contribution < -0.4 is 0 Å². The number of carbonyl (C=O) groups excluding carboxylic acids is 2. The summed E-state index contributed by atoms with van der Waals surface area (Å²) >= 11 is 0. The molecule has 0 aromatic heterocycles. The molecule has 176 valence electrons. The second-order valence-corrected chi connectivity index (χ2v) is 11.3. The van der Waals surface area contributed by atoms with E-state index in [1.807, 2.05) is 6.92 Å². The first-order chi connectivity index (χ1) is 14.8. The van der Waals surface area contributed by atoms with Crippen molar-refractivity contribution in [3.8, 4) is 0 Å². The number of rotatable bonds is 3. The topological polar surface area (TPSA) is 104 Å². The number of ether oxygens (including phenoxy) is 1. The maximum Gasteiger partial charge on any atom is 0.334 e. The maximum absolute atomic E-state index is 14.2. The molecule has 0 aliphatic heterocycles. The molecule has 2 bridgehead atoms. The van der Waals surface area contributed by atoms with Gasteiger partial charge < -0.3 is 20.1 Å². The molecule has 1 spiro atoms. The highest BCUT2D eigenvalue weighted by Gasteiger charge is 2.76. The van der Waals surface area contributed by atoms with Crippen molar-refractivity contribution < 1.29 is 29.6 Å². The van der Waals surface area contributed by atoms with E-state index in [1.165, 1.54) is 0 Å². The lowest BCUT2D eigenvalue weighted by Gasteiger charge is -2.48. The molecule has 4 rings (SSSR count). The summed E-state index contributed by atoms with van der Waals surface area (Å²) in [6.07, 6.45) is 1.42. The van der Waals surface area contributed by atoms with E-state index in [2.05, 4.69) is 13.8 Å². The van der Waals surface area contributed by atoms with Crippen LogP contribution in [0.4, 0.5) is 0 Å². The first-order valence-corrected chi connectivity index (χ1v) is 11.6. The Kier molecular flexibility index (Phi) is 5.20. The van der Waals surface area contributed by atoms with E-state index in [1.54, 1.807) is 39.8 Å². The third kappa shape index (κ3) is 2.69. The highest BCUT2D eigenvalue weighted by atomic mass is 16.6. The highest BCUT2D eigenvalue weighted by molar-refractivity contribution is 5.96. The number of aliphatic hydroxyl groups excluding tert-OH is 2. The molecule has 8 atom stereocenters. The van der Waals surface area contributed by atoms with Crippen LogP contribution in [0.5, 0.6) is 0 Å². The molecule has 6 heteroatoms. The van der Waals surface area contributed by atoms with E-state index in [0.29, 0.717) is 17.1 Å². The average molecular weight is 445 g/mol. The smallest absolute Gasteiger partial charge is 0.334 e. The van der Waals surface area contributed by atoms with Crippen LogP contribution >= 0.6 is 0 Å². The van der Waals surface area contributed by atoms with E-state index in [4.69, 9.17) is 4.74 Å². The average Bonchev–Trinajstić information content (AvgIpc) is 3.21. The molecule has 2 saturated carbocycles. The molecule has 32 heavy (non-hydrogen) atoms. The zero-order chi connectivity index (χ0) is 24.0. The third-order valence-electron chi connectivity index (χ3n) is 9.18. The summed E-state index contributed by atoms with van der Waals surface area (Å²) < 4.78 is 5.80. The Labute approximate surface area is 190 Å². The van der Waals surface area contributed by atoms with Gasteiger partial charge in [0, 0.05) is 11.5 Å². The molecule has 0 aromatic carbocycles. The van der Waals surface area contributed by atoms with Gasteiger partial charge in [-0.3, -0.25) is 4.79 Å². The molecule has 2 fully saturated rings. The predicted molar refractivity (Wildman–Crippen MR) is 119 cm³/mol. The van der Waals surface area contributed by atoms with Gasteiger partial charge in [-0.2, -0.15) is 0 Å². The van der Waals surface area contributed by atoms with Gasteiger partial charge in [-0.05, 0) is 68.4 Å². The monoisotopic (exact) mass is 444 g/mol. The molecule has 0 saturated heterocycles. The number of fused-ring (bicyclic) bond motifs is 3. The van der Waals surface area contributed by atoms with E-state index in [-0.39, 0.29) is 28.6 Å². The Bertz CT molecular complexity index is 967. The predicted octanol–water partition coefficient (Wildman–Crippen LogP) is 2.72. The van der Waals surface area contributed by atoms with Crippen molar-refractivity contribution >= 4 is 11.8 Å². The largest absolute Gasteiger partial charge is 0.451 e. The number of allylic oxidation sites excluding steroid dienone is 2. The van der Waals surface area contributed by atoms with Crippen molar-refractivity contribution in [2.75, 3.05) is 6.61 Å². The van der Waals surface area contributed by atoms with E-state index in [9.17, 15) is 24.9 Å². The molecular formula is C26H36O6. The lowest BCUT2D eigenvalue weighted by molar-refractivity contribution is -0.201. The number of hydrogen-bond donors (Lipinski definition) is 3. The van der Waals surface area contributed by atoms with Crippen LogP contribution in [0, 0.1) is 34.5 Å². The number of carbonyl (C=O) groups is 2. The van der Waals surface area contributed by atoms with Crippen molar-refractivity contribution in [3.63, 3.8) is 0 Å². The number of esters is 1. The summed E-state index contributed by atoms with van der Waals surface area (Å²) in [5.74, 6) is -1.12. The third-order valence-corrected chi connectivity index (χ3v) is 9.18. The minimum Gasteiger partial charge on any atom is -0.451 e. The Balaban J connectivity index is 1.90. The van der Waals surface area contributed by atoms with Crippen LogP contribution in [0.2, 0.25) is 0 Å². The van der Waals surface area contributed by atoms with Gasteiger partial charge >= 0.3 is 5.97 Å². The molecule has 4 aliphatic carbocycles. The standard InChI is InChI=1S/C26H36O6/c1-12(2)15(5)23(30)32-22-13(3)10-25-14(4)8-18-19(24(18,6)7)17(21(25)29)9-16(11-27)20(28)26(22,25)31/h9-10,14,17-20,22,27-28,31H,8,11H2,1-7H3/t14-,17+,18-,19+,20-,22+,25-,26+/m1/s1. The van der Waals surface area contributed by atoms with Gasteiger partial charge in [-0.1, -0.05) is 38.5 Å². The lowest BCUT2D eigenvalue weighted by atomic mass is 9.59. The number of hydrogen-bond acceptors (Lipinski definition) is 6. The Morgan fingerprint density at radius 1 is 1.25 bits per heavy atom. The normalized spacial score (nSPS) is 43.8. The van der Waals surface area contributed by atoms with Gasteiger partial charge in [0.25, 0.3) is 0 Å². The zero-order valence-corrected chi connectivity index (χ0v) is 20.1. The maximum atomic E-state index is 14.2. The lowest BCUT2D eigenvalue weighted by Crippen LogP contribution is -2.65. The van der Waals surface area contributed by atoms with E-state index < -0.39 is 41.7 Å². The van der Waals surface area contributed by atoms with Crippen LogP contribution in [0.1, 0.15) is 54.9 Å². The van der Waals surface area contributed by atoms with Crippen LogP contribution in [-0.4, -0.2) is 51.5 Å². The van der Waals surface area contributed by atoms with Crippen LogP contribution in [0.15, 0.2) is 34.4 Å². The fraction of sp³-hybridized carbons (Fsp3) is 0.692. The van der Waals surface area contributed by atoms with Crippen LogP contribution in [-0.2, 0) is 14.3 Å². The summed E-state index contributed by atoms with van der Waals surface area (Å²) in [4.78, 5) is 27.1. The summed E-state index contributed by atoms with van der Waals surface area (Å²) in [5.41, 5.74) is -1.54. The van der Waals surface area contributed by atoms with Gasteiger partial charge in [-0.15, -0.1) is 0 Å². The Morgan fingerprint density at radius 2 is 1.88 bits per heavy atom. The van der Waals surface area contributed by atoms with E-state index >= 15 is 0 Å². The minimum absolute atomic E-state index is 0.0234. The summed E-state index contributed by atoms with van der Waals surface area (Å²) in [6.45, 7) is 12.8. The van der Waals surface area contributed by atoms with Crippen LogP contribution in [0.25, 0.3) is 0 Å². The van der Waals surface area contributed by atoms with Gasteiger partial charge in [0.2, 0.25) is 0 Å². The number of Topliss-reactive ketones (excluding diaryl/α,β-unsaturated/α-hetero) is 1. The van der Waals surface area contributed by atoms with Gasteiger partial charge in [-0.25, -0.2) is 4.79 Å². The molecule has 4 aliphatic rings. The molecule has 6 nitrogen and oxygen atoms in total. The molecular weight excluding hydrogens is 408 g/mol. The SMILES string of the molecule is CC1=C[C@@]23C(=O)[C@@H](C=C(CO)[C@@H](O)[C@]2(O)[C@H]1OC(=O)C(C)=C(C)C)[C@H]1[C@@H](C[C@H]3C)C1(C)C. The fourth-order valence-corrected chi connectivity index (χ4v) is 6.99. The number of aliphatic hydroxyl groups is 3. The zero-order valence-electron chi connectivity index (χ0n) is 20.1. The van der Waals surface area contributed by atoms with Crippen molar-refractivity contribution in [2.24, 2.45) is 34.5 Å². The first-order valence-electron chi connectivity index (χ1n) is 11.6. The number of ketones is 1. The molecule has 0 heterocycles. The Hall–Kier alpha value is -1.76. The van der Waals surface area contributed by atoms with Crippen molar-refractivity contribution in [2.45, 2.75) is 72.7 Å². The summed E-state index contributed by atoms with van der Waals surface area (Å²) in [7, 11) is 0. The van der Waals surface area contributed by atoms with Gasteiger partial charge in [0.1, 0.15) is 6.10 Å². The fourth-order valence-electron chi connectivity index (χ4n) is 6.99. The minimum atomic E-state index is -2.09. The summed E-state index contributed by atoms with van der Waals surface area (Å²) in [5, 5.41) is 33.9. The molecule has 3 N–H and O–H groups in total. The van der Waals surface area contributed by atoms with Gasteiger partial charge in [0.15, 0.2) is 17.5 Å². The van der Waals surface area contributed by atoms with Crippen molar-refractivity contribution in [1.82, 2.24) is 0 Å². The molecule has 0 unspecified atom stereocenters. The van der Waals surface area contributed by atoms with E-state index in [0.717, 1.165) is 12.0 Å². The van der Waals surface area contributed by atoms with Crippen molar-refractivity contribution in [1.29, 1.82) is 0 Å². The molecule has 0 radical (unpaired) electrons. The summed E-state index contributed by atoms with van der Waals surface area (Å²) in [6, 6.07) is 0. The highest BCUT2D eigenvalue weighted by Crippen LogP contribution is 2.71. The second kappa shape index (κ2) is 7.12. The first kappa shape index (κ1) is 23.4. The van der Waals surface area contributed by atoms with Gasteiger partial charge in [0.05, 0.1) is 12.0 Å². The Morgan fingerprint density at radius 3 is 2.44 bits per heavy atom. The molecule has 0 amide bonds. The molecule has 0 aromatic rings. The second-order valence-electron chi connectivity index (χ2n) is 11.3. The quantitative estimate of drug-likeness (QED) is 0.351.